The lowest BCUT2D eigenvalue weighted by Gasteiger charge is -2.11. The van der Waals surface area contributed by atoms with Gasteiger partial charge in [0, 0.05) is 5.57 Å². The number of allylic oxidation sites excluding steroid dienone is 14. The topological polar surface area (TPSA) is 0 Å². The average Bonchev–Trinajstić information content (AvgIpc) is 2.91. The summed E-state index contributed by atoms with van der Waals surface area (Å²) in [6.45, 7) is 15.0. The highest BCUT2D eigenvalue weighted by Crippen LogP contribution is 2.35. The van der Waals surface area contributed by atoms with Crippen molar-refractivity contribution in [3.63, 3.8) is 0 Å². The van der Waals surface area contributed by atoms with Crippen molar-refractivity contribution < 1.29 is 26.3 Å². The van der Waals surface area contributed by atoms with Crippen molar-refractivity contribution >= 4 is 0 Å². The maximum Gasteiger partial charge on any atom is 0.417 e. The molecule has 0 aromatic rings. The summed E-state index contributed by atoms with van der Waals surface area (Å²) in [6, 6.07) is 0. The highest BCUT2D eigenvalue weighted by molar-refractivity contribution is 5.54. The standard InChI is InChI=1S/C24H22F6/c1-6-16(4)19(13-18(7-2)8-3)10-9-17(5)20-11-12-21(23(25,26)27)15-22(14-20)24(28,29)30/h7-10,12-15H,2,4-6H2,1,3H3/b10-9-,18-8-,19-13-. The quantitative estimate of drug-likeness (QED) is 0.220. The fraction of sp³-hybridized carbons (Fsp3) is 0.208. The van der Waals surface area contributed by atoms with Gasteiger partial charge in [0.2, 0.25) is 0 Å². The van der Waals surface area contributed by atoms with E-state index in [4.69, 9.17) is 0 Å². The molecule has 0 saturated carbocycles. The monoisotopic (exact) mass is 424 g/mol. The molecule has 0 aromatic carbocycles. The molecule has 30 heavy (non-hydrogen) atoms. The summed E-state index contributed by atoms with van der Waals surface area (Å²) in [5, 5.41) is 0. The normalized spacial score (nSPS) is 16.1. The van der Waals surface area contributed by atoms with E-state index in [1.807, 2.05) is 19.9 Å². The van der Waals surface area contributed by atoms with E-state index in [0.717, 1.165) is 11.1 Å². The first-order valence-electron chi connectivity index (χ1n) is 8.93. The molecule has 0 amide bonds. The second-order valence-corrected chi connectivity index (χ2v) is 6.31. The van der Waals surface area contributed by atoms with Gasteiger partial charge in [0.15, 0.2) is 0 Å². The van der Waals surface area contributed by atoms with Gasteiger partial charge in [-0.05, 0) is 59.9 Å². The van der Waals surface area contributed by atoms with Crippen molar-refractivity contribution in [1.82, 2.24) is 0 Å². The van der Waals surface area contributed by atoms with Crippen LogP contribution in [-0.2, 0) is 0 Å². The van der Waals surface area contributed by atoms with E-state index < -0.39 is 23.5 Å². The zero-order valence-corrected chi connectivity index (χ0v) is 16.7. The molecule has 0 unspecified atom stereocenters. The van der Waals surface area contributed by atoms with Crippen LogP contribution < -0.4 is 0 Å². The van der Waals surface area contributed by atoms with E-state index in [9.17, 15) is 26.3 Å². The molecule has 0 spiro atoms. The maximum atomic E-state index is 13.2. The van der Waals surface area contributed by atoms with E-state index >= 15 is 0 Å². The number of hydrogen-bond donors (Lipinski definition) is 0. The summed E-state index contributed by atoms with van der Waals surface area (Å²) in [4.78, 5) is 0. The maximum absolute atomic E-state index is 13.2. The van der Waals surface area contributed by atoms with Crippen LogP contribution in [0, 0.1) is 0 Å². The van der Waals surface area contributed by atoms with Crippen LogP contribution in [0.25, 0.3) is 0 Å². The Kier molecular flexibility index (Phi) is 8.49. The molecule has 1 aliphatic rings. The number of alkyl halides is 6. The molecular formula is C24H22F6. The Balaban J connectivity index is 3.42. The Hall–Kier alpha value is -2.98. The lowest BCUT2D eigenvalue weighted by atomic mass is 9.99. The molecule has 0 saturated heterocycles. The molecule has 0 N–H and O–H groups in total. The second-order valence-electron chi connectivity index (χ2n) is 6.31. The molecule has 0 radical (unpaired) electrons. The van der Waals surface area contributed by atoms with Gasteiger partial charge in [0.25, 0.3) is 0 Å². The first-order chi connectivity index (χ1) is 13.8. The van der Waals surface area contributed by atoms with Crippen LogP contribution in [0.5, 0.6) is 0 Å². The average molecular weight is 424 g/mol. The van der Waals surface area contributed by atoms with E-state index in [2.05, 4.69) is 25.5 Å². The Labute approximate surface area is 172 Å². The molecule has 0 atom stereocenters. The lowest BCUT2D eigenvalue weighted by molar-refractivity contribution is -0.0932. The van der Waals surface area contributed by atoms with Crippen LogP contribution in [0.3, 0.4) is 0 Å². The Bertz CT molecular complexity index is 931. The van der Waals surface area contributed by atoms with Gasteiger partial charge in [0.05, 0.1) is 11.1 Å². The summed E-state index contributed by atoms with van der Waals surface area (Å²) in [6.07, 6.45) is 0.122. The second kappa shape index (κ2) is 10.2. The van der Waals surface area contributed by atoms with Crippen molar-refractivity contribution in [1.29, 1.82) is 0 Å². The Morgan fingerprint density at radius 2 is 1.60 bits per heavy atom. The highest BCUT2D eigenvalue weighted by atomic mass is 19.4. The largest absolute Gasteiger partial charge is 0.417 e. The SMILES string of the molecule is C=CC(=C/C)/C=C(/C=C\C(=C)C1=C=CC(C(F)(F)F)=CC(C(F)(F)F)=C1)C(=C)CC. The Morgan fingerprint density at radius 3 is 2.07 bits per heavy atom. The van der Waals surface area contributed by atoms with Crippen molar-refractivity contribution in [3.05, 3.63) is 113 Å². The van der Waals surface area contributed by atoms with Gasteiger partial charge in [-0.1, -0.05) is 51.0 Å². The molecule has 0 nitrogen and oxygen atoms in total. The number of hydrogen-bond acceptors (Lipinski definition) is 0. The predicted octanol–water partition coefficient (Wildman–Crippen LogP) is 8.20. The van der Waals surface area contributed by atoms with Crippen molar-refractivity contribution in [2.24, 2.45) is 0 Å². The van der Waals surface area contributed by atoms with Gasteiger partial charge in [-0.25, -0.2) is 0 Å². The van der Waals surface area contributed by atoms with Gasteiger partial charge >= 0.3 is 12.4 Å². The molecular weight excluding hydrogens is 402 g/mol. The summed E-state index contributed by atoms with van der Waals surface area (Å²) in [5.74, 6) is 0. The van der Waals surface area contributed by atoms with Crippen molar-refractivity contribution in [2.45, 2.75) is 32.6 Å². The fourth-order valence-electron chi connectivity index (χ4n) is 2.31. The van der Waals surface area contributed by atoms with Crippen LogP contribution >= 0.6 is 0 Å². The van der Waals surface area contributed by atoms with Crippen LogP contribution in [-0.4, -0.2) is 12.4 Å². The summed E-state index contributed by atoms with van der Waals surface area (Å²) in [5.41, 5.74) is 1.53. The molecule has 0 aliphatic heterocycles. The third-order valence-electron chi connectivity index (χ3n) is 4.18. The summed E-state index contributed by atoms with van der Waals surface area (Å²) in [7, 11) is 0. The third kappa shape index (κ3) is 7.12. The minimum atomic E-state index is -4.96. The van der Waals surface area contributed by atoms with Crippen LogP contribution in [0.2, 0.25) is 0 Å². The van der Waals surface area contributed by atoms with Crippen LogP contribution in [0.15, 0.2) is 113 Å². The smallest absolute Gasteiger partial charge is 0.166 e. The highest BCUT2D eigenvalue weighted by Gasteiger charge is 2.38. The molecule has 0 bridgehead atoms. The van der Waals surface area contributed by atoms with Crippen molar-refractivity contribution in [2.75, 3.05) is 0 Å². The first kappa shape index (κ1) is 25.1. The molecule has 0 heterocycles. The van der Waals surface area contributed by atoms with Gasteiger partial charge in [-0.3, -0.25) is 0 Å². The van der Waals surface area contributed by atoms with Crippen molar-refractivity contribution in [3.8, 4) is 0 Å². The molecule has 6 heteroatoms. The molecule has 1 rings (SSSR count). The van der Waals surface area contributed by atoms with Gasteiger partial charge < -0.3 is 0 Å². The Morgan fingerprint density at radius 1 is 1.00 bits per heavy atom. The summed E-state index contributed by atoms with van der Waals surface area (Å²) >= 11 is 0. The summed E-state index contributed by atoms with van der Waals surface area (Å²) < 4.78 is 78.5. The van der Waals surface area contributed by atoms with Crippen LogP contribution in [0.1, 0.15) is 20.3 Å². The fourth-order valence-corrected chi connectivity index (χ4v) is 2.31. The van der Waals surface area contributed by atoms with Gasteiger partial charge in [-0.15, -0.1) is 5.73 Å². The minimum Gasteiger partial charge on any atom is -0.166 e. The third-order valence-corrected chi connectivity index (χ3v) is 4.18. The molecule has 160 valence electrons. The molecule has 0 fully saturated rings. The van der Waals surface area contributed by atoms with E-state index in [-0.39, 0.29) is 17.2 Å². The zero-order valence-electron chi connectivity index (χ0n) is 16.7. The number of halogens is 6. The van der Waals surface area contributed by atoms with E-state index in [1.165, 1.54) is 6.08 Å². The van der Waals surface area contributed by atoms with Gasteiger partial charge in [-0.2, -0.15) is 26.3 Å². The van der Waals surface area contributed by atoms with Crippen LogP contribution in [0.4, 0.5) is 26.3 Å². The first-order valence-corrected chi connectivity index (χ1v) is 8.93. The number of rotatable bonds is 7. The zero-order chi connectivity index (χ0) is 23.1. The molecule has 1 aliphatic carbocycles. The van der Waals surface area contributed by atoms with E-state index in [0.29, 0.717) is 24.1 Å². The minimum absolute atomic E-state index is 0.0592. The van der Waals surface area contributed by atoms with Gasteiger partial charge in [0.1, 0.15) is 0 Å². The van der Waals surface area contributed by atoms with E-state index in [1.54, 1.807) is 18.2 Å². The lowest BCUT2D eigenvalue weighted by Crippen LogP contribution is -2.14. The molecule has 0 aromatic heterocycles. The predicted molar refractivity (Wildman–Crippen MR) is 110 cm³/mol.